The van der Waals surface area contributed by atoms with Gasteiger partial charge in [-0.3, -0.25) is 15.0 Å². The Kier molecular flexibility index (Phi) is 16.1. The molecule has 1 fully saturated rings. The highest BCUT2D eigenvalue weighted by Crippen LogP contribution is 2.62. The third-order valence-corrected chi connectivity index (χ3v) is 13.4. The van der Waals surface area contributed by atoms with E-state index in [1.54, 1.807) is 29.2 Å². The van der Waals surface area contributed by atoms with Crippen molar-refractivity contribution in [3.63, 3.8) is 0 Å². The standard InChI is InChI=1S/C54H58ClN3O10/c1-2-29-65-54-50(57(53(61)64-30-26-55)35-40-19-12-18-38-16-6-7-22-44(38)40)34-48(56-66-36-37-14-4-3-5-15-37)46-31-39(17-8-10-27-59)45(23-9-11-28-60)51(52(46)54)47-33-43(24-25-49(47)68-54)67-42-21-13-20-41(32-42)58(62)63/h2-7,12-16,18-22,24-25,31-33,39,45,50-52,59-60H,1,8-11,17,23,26-30,34-36H2/t39-,45+,50-,51+,52+,54+/m0/s1. The summed E-state index contributed by atoms with van der Waals surface area (Å²) in [5.41, 5.74) is 4.04. The van der Waals surface area contributed by atoms with Crippen LogP contribution in [-0.4, -0.2) is 76.0 Å². The fourth-order valence-corrected chi connectivity index (χ4v) is 10.5. The van der Waals surface area contributed by atoms with Crippen molar-refractivity contribution >= 4 is 39.9 Å². The Hall–Kier alpha value is -6.25. The van der Waals surface area contributed by atoms with Crippen molar-refractivity contribution in [1.82, 2.24) is 4.90 Å². The van der Waals surface area contributed by atoms with Crippen molar-refractivity contribution in [2.75, 3.05) is 32.3 Å². The van der Waals surface area contributed by atoms with Gasteiger partial charge in [0.05, 0.1) is 41.7 Å². The normalized spacial score (nSPS) is 22.0. The average Bonchev–Trinajstić information content (AvgIpc) is 3.36. The number of amides is 1. The van der Waals surface area contributed by atoms with Gasteiger partial charge in [-0.1, -0.05) is 109 Å². The molecule has 5 aromatic rings. The third kappa shape index (κ3) is 10.6. The van der Waals surface area contributed by atoms with E-state index in [-0.39, 0.29) is 75.3 Å². The fraction of sp³-hybridized carbons (Fsp3) is 0.370. The topological polar surface area (TPSA) is 162 Å². The molecule has 0 aromatic heterocycles. The summed E-state index contributed by atoms with van der Waals surface area (Å²) in [7, 11) is 0. The Morgan fingerprint density at radius 3 is 2.46 bits per heavy atom. The summed E-state index contributed by atoms with van der Waals surface area (Å²) in [5, 5.41) is 38.7. The Morgan fingerprint density at radius 2 is 1.68 bits per heavy atom. The fourth-order valence-electron chi connectivity index (χ4n) is 10.4. The van der Waals surface area contributed by atoms with Gasteiger partial charge in [-0.2, -0.15) is 0 Å². The largest absolute Gasteiger partial charge is 0.459 e. The van der Waals surface area contributed by atoms with Crippen molar-refractivity contribution in [3.8, 4) is 17.2 Å². The number of alkyl halides is 1. The van der Waals surface area contributed by atoms with Crippen LogP contribution >= 0.6 is 11.6 Å². The van der Waals surface area contributed by atoms with Crippen molar-refractivity contribution in [1.29, 1.82) is 0 Å². The lowest BCUT2D eigenvalue weighted by atomic mass is 9.55. The molecule has 2 N–H and O–H groups in total. The van der Waals surface area contributed by atoms with Crippen LogP contribution in [0.25, 0.3) is 10.8 Å². The van der Waals surface area contributed by atoms with Gasteiger partial charge in [0.25, 0.3) is 5.69 Å². The van der Waals surface area contributed by atoms with Crippen molar-refractivity contribution in [3.05, 3.63) is 166 Å². The lowest BCUT2D eigenvalue weighted by Gasteiger charge is -2.59. The van der Waals surface area contributed by atoms with Gasteiger partial charge >= 0.3 is 6.09 Å². The minimum Gasteiger partial charge on any atom is -0.459 e. The number of aliphatic hydroxyl groups is 2. The van der Waals surface area contributed by atoms with E-state index >= 15 is 0 Å². The number of ether oxygens (including phenoxy) is 4. The van der Waals surface area contributed by atoms with E-state index in [1.807, 2.05) is 84.9 Å². The molecule has 1 aliphatic heterocycles. The van der Waals surface area contributed by atoms with Gasteiger partial charge in [0, 0.05) is 37.2 Å². The molecule has 1 saturated carbocycles. The molecule has 3 aliphatic rings. The van der Waals surface area contributed by atoms with Gasteiger partial charge in [0.1, 0.15) is 36.5 Å². The maximum atomic E-state index is 14.9. The smallest absolute Gasteiger partial charge is 0.410 e. The molecule has 5 aromatic carbocycles. The first-order valence-corrected chi connectivity index (χ1v) is 23.9. The predicted octanol–water partition coefficient (Wildman–Crippen LogP) is 11.3. The van der Waals surface area contributed by atoms with E-state index in [0.717, 1.165) is 58.7 Å². The van der Waals surface area contributed by atoms with Crippen LogP contribution in [0.1, 0.15) is 67.6 Å². The molecule has 6 atom stereocenters. The van der Waals surface area contributed by atoms with Crippen LogP contribution < -0.4 is 9.47 Å². The van der Waals surface area contributed by atoms with E-state index in [1.165, 1.54) is 12.1 Å². The Bertz CT molecular complexity index is 2600. The molecule has 0 radical (unpaired) electrons. The molecule has 1 amide bonds. The second-order valence-electron chi connectivity index (χ2n) is 17.5. The zero-order valence-corrected chi connectivity index (χ0v) is 38.8. The lowest BCUT2D eigenvalue weighted by Crippen LogP contribution is -2.70. The highest BCUT2D eigenvalue weighted by atomic mass is 35.5. The molecular weight excluding hydrogens is 886 g/mol. The molecule has 13 nitrogen and oxygen atoms in total. The van der Waals surface area contributed by atoms with E-state index < -0.39 is 28.8 Å². The van der Waals surface area contributed by atoms with Gasteiger partial charge < -0.3 is 34.0 Å². The number of unbranched alkanes of at least 4 members (excludes halogenated alkanes) is 2. The van der Waals surface area contributed by atoms with Crippen LogP contribution in [0.3, 0.4) is 0 Å². The van der Waals surface area contributed by atoms with Gasteiger partial charge in [0.15, 0.2) is 0 Å². The number of fused-ring (bicyclic) bond motifs is 3. The summed E-state index contributed by atoms with van der Waals surface area (Å²) < 4.78 is 26.9. The Morgan fingerprint density at radius 1 is 0.926 bits per heavy atom. The van der Waals surface area contributed by atoms with Gasteiger partial charge in [-0.05, 0) is 89.3 Å². The first kappa shape index (κ1) is 48.2. The SMILES string of the molecule is C=CCO[C@@]12Oc3ccc(Oc4cccc([N+](=O)[O-])c4)cc3[C@H]3[C@H](CCCCO)[C@@H](CCCCO)C=C(C(=NOCc4ccccc4)C[C@@H]1N(Cc1cccc4ccccc14)C(=O)OCCCl)[C@H]32. The number of nitro groups is 1. The minimum atomic E-state index is -1.56. The van der Waals surface area contributed by atoms with Crippen molar-refractivity contribution < 1.29 is 43.7 Å². The van der Waals surface area contributed by atoms with Crippen molar-refractivity contribution in [2.24, 2.45) is 22.9 Å². The molecule has 0 spiro atoms. The summed E-state index contributed by atoms with van der Waals surface area (Å²) in [5.74, 6) is -1.24. The quantitative estimate of drug-likeness (QED) is 0.0224. The number of hydrogen-bond donors (Lipinski definition) is 2. The Labute approximate surface area is 401 Å². The number of carbonyl (C=O) groups excluding carboxylic acids is 1. The lowest BCUT2D eigenvalue weighted by molar-refractivity contribution is -0.384. The Balaban J connectivity index is 1.35. The molecule has 0 bridgehead atoms. The molecule has 8 rings (SSSR count). The molecule has 356 valence electrons. The highest BCUT2D eigenvalue weighted by molar-refractivity contribution is 6.18. The molecule has 0 saturated heterocycles. The number of benzene rings is 5. The van der Waals surface area contributed by atoms with Crippen LogP contribution in [0.15, 0.2) is 145 Å². The van der Waals surface area contributed by atoms with E-state index in [9.17, 15) is 25.1 Å². The van der Waals surface area contributed by atoms with E-state index in [2.05, 4.69) is 12.7 Å². The third-order valence-electron chi connectivity index (χ3n) is 13.3. The average molecular weight is 945 g/mol. The molecular formula is C54H58ClN3O10. The number of nitro benzene ring substituents is 1. The summed E-state index contributed by atoms with van der Waals surface area (Å²) >= 11 is 6.18. The zero-order valence-electron chi connectivity index (χ0n) is 38.0. The highest BCUT2D eigenvalue weighted by Gasteiger charge is 2.65. The number of hydrogen-bond acceptors (Lipinski definition) is 11. The van der Waals surface area contributed by atoms with Crippen molar-refractivity contribution in [2.45, 2.75) is 75.8 Å². The van der Waals surface area contributed by atoms with Crippen LogP contribution in [0, 0.1) is 27.9 Å². The summed E-state index contributed by atoms with van der Waals surface area (Å²) in [6, 6.07) is 34.6. The van der Waals surface area contributed by atoms with E-state index in [0.29, 0.717) is 35.8 Å². The number of aliphatic hydroxyl groups excluding tert-OH is 2. The second kappa shape index (κ2) is 22.7. The molecule has 1 heterocycles. The monoisotopic (exact) mass is 943 g/mol. The van der Waals surface area contributed by atoms with Crippen LogP contribution in [-0.2, 0) is 27.5 Å². The second-order valence-corrected chi connectivity index (χ2v) is 17.8. The number of halogens is 1. The predicted molar refractivity (Wildman–Crippen MR) is 261 cm³/mol. The minimum absolute atomic E-state index is 0.0164. The maximum absolute atomic E-state index is 14.9. The maximum Gasteiger partial charge on any atom is 0.410 e. The van der Waals surface area contributed by atoms with Gasteiger partial charge in [-0.25, -0.2) is 4.79 Å². The number of non-ortho nitro benzene ring substituents is 1. The van der Waals surface area contributed by atoms with Crippen LogP contribution in [0.2, 0.25) is 0 Å². The zero-order chi connectivity index (χ0) is 47.5. The summed E-state index contributed by atoms with van der Waals surface area (Å²) in [6.45, 7) is 4.52. The summed E-state index contributed by atoms with van der Waals surface area (Å²) in [6.07, 6.45) is 7.71. The number of nitrogens with zero attached hydrogens (tertiary/aromatic N) is 3. The molecule has 0 unspecified atom stereocenters. The van der Waals surface area contributed by atoms with Gasteiger partial charge in [-0.15, -0.1) is 18.2 Å². The van der Waals surface area contributed by atoms with Gasteiger partial charge in [0.2, 0.25) is 5.79 Å². The van der Waals surface area contributed by atoms with E-state index in [4.69, 9.17) is 40.5 Å². The first-order valence-electron chi connectivity index (χ1n) is 23.4. The summed E-state index contributed by atoms with van der Waals surface area (Å²) in [4.78, 5) is 34.1. The number of oxime groups is 1. The first-order chi connectivity index (χ1) is 33.3. The van der Waals surface area contributed by atoms with Crippen LogP contribution in [0.4, 0.5) is 10.5 Å². The number of carbonyl (C=O) groups is 1. The molecule has 14 heteroatoms. The molecule has 2 aliphatic carbocycles. The molecule has 68 heavy (non-hydrogen) atoms. The van der Waals surface area contributed by atoms with Crippen LogP contribution in [0.5, 0.6) is 17.2 Å². The number of allylic oxidation sites excluding steroid dienone is 1. The number of rotatable bonds is 22.